The normalized spacial score (nSPS) is 11.7. The van der Waals surface area contributed by atoms with E-state index in [1.54, 1.807) is 23.6 Å². The highest BCUT2D eigenvalue weighted by molar-refractivity contribution is 5.98. The highest BCUT2D eigenvalue weighted by Crippen LogP contribution is 2.32. The Morgan fingerprint density at radius 2 is 1.73 bits per heavy atom. The zero-order valence-corrected chi connectivity index (χ0v) is 25.5. The molecule has 0 aliphatic carbocycles. The average Bonchev–Trinajstić information content (AvgIpc) is 3.30. The fourth-order valence-electron chi connectivity index (χ4n) is 4.44. The van der Waals surface area contributed by atoms with Crippen LogP contribution in [0.1, 0.15) is 61.3 Å². The molecule has 2 heterocycles. The van der Waals surface area contributed by atoms with Gasteiger partial charge in [0.1, 0.15) is 11.5 Å². The predicted octanol–water partition coefficient (Wildman–Crippen LogP) is 5.81. The van der Waals surface area contributed by atoms with E-state index in [4.69, 9.17) is 19.2 Å². The summed E-state index contributed by atoms with van der Waals surface area (Å²) in [5.41, 5.74) is 3.35. The highest BCUT2D eigenvalue weighted by atomic mass is 19.1. The van der Waals surface area contributed by atoms with Crippen LogP contribution in [0.25, 0.3) is 16.9 Å². The van der Waals surface area contributed by atoms with E-state index in [1.807, 2.05) is 46.8 Å². The van der Waals surface area contributed by atoms with Gasteiger partial charge >= 0.3 is 6.09 Å². The maximum absolute atomic E-state index is 15.6. The van der Waals surface area contributed by atoms with Crippen LogP contribution >= 0.6 is 0 Å². The Kier molecular flexibility index (Phi) is 12.6. The summed E-state index contributed by atoms with van der Waals surface area (Å²) in [6.07, 6.45) is 0.836. The van der Waals surface area contributed by atoms with Crippen LogP contribution in [0.4, 0.5) is 9.18 Å². The number of hydrogen-bond acceptors (Lipinski definition) is 7. The lowest BCUT2D eigenvalue weighted by atomic mass is 9.93. The predicted molar refractivity (Wildman–Crippen MR) is 156 cm³/mol. The smallest absolute Gasteiger partial charge is 0.410 e. The van der Waals surface area contributed by atoms with E-state index in [-0.39, 0.29) is 42.6 Å². The van der Waals surface area contributed by atoms with Gasteiger partial charge in [-0.2, -0.15) is 0 Å². The molecule has 3 aromatic rings. The van der Waals surface area contributed by atoms with E-state index in [0.29, 0.717) is 34.6 Å². The summed E-state index contributed by atoms with van der Waals surface area (Å²) in [4.78, 5) is 44.3. The van der Waals surface area contributed by atoms with Gasteiger partial charge in [-0.1, -0.05) is 27.7 Å². The van der Waals surface area contributed by atoms with E-state index in [2.05, 4.69) is 0 Å². The largest absolute Gasteiger partial charge is 0.453 e. The van der Waals surface area contributed by atoms with Crippen LogP contribution in [0.3, 0.4) is 0 Å². The third-order valence-electron chi connectivity index (χ3n) is 6.81. The van der Waals surface area contributed by atoms with Crippen LogP contribution in [0, 0.1) is 25.6 Å². The van der Waals surface area contributed by atoms with Crippen molar-refractivity contribution in [3.63, 3.8) is 0 Å². The summed E-state index contributed by atoms with van der Waals surface area (Å²) in [7, 11) is 4.08. The lowest BCUT2D eigenvalue weighted by Gasteiger charge is -2.24. The number of imidazole rings is 1. The molecular weight excluding hydrogens is 529 g/mol. The van der Waals surface area contributed by atoms with Gasteiger partial charge in [-0.05, 0) is 55.7 Å². The second-order valence-corrected chi connectivity index (χ2v) is 9.63. The molecule has 10 heteroatoms. The monoisotopic (exact) mass is 571 g/mol. The fraction of sp³-hybridized carbons (Fsp3) is 0.484. The Morgan fingerprint density at radius 3 is 2.29 bits per heavy atom. The Bertz CT molecular complexity index is 1340. The van der Waals surface area contributed by atoms with Crippen molar-refractivity contribution in [2.45, 2.75) is 60.7 Å². The molecule has 1 aromatic carbocycles. The second-order valence-electron chi connectivity index (χ2n) is 9.63. The number of fused-ring (bicyclic) bond motifs is 1. The summed E-state index contributed by atoms with van der Waals surface area (Å²) >= 11 is 0. The molecule has 2 aromatic heterocycles. The van der Waals surface area contributed by atoms with Crippen molar-refractivity contribution in [2.75, 3.05) is 34.4 Å². The summed E-state index contributed by atoms with van der Waals surface area (Å²) in [5.74, 6) is -1.26. The molecule has 1 atom stereocenters. The number of methoxy groups -OCH3 is 3. The Labute approximate surface area is 241 Å². The van der Waals surface area contributed by atoms with Gasteiger partial charge in [-0.25, -0.2) is 14.2 Å². The van der Waals surface area contributed by atoms with Gasteiger partial charge in [-0.3, -0.25) is 14.5 Å². The molecule has 0 aliphatic heterocycles. The number of aryl methyl sites for hydroxylation is 2. The van der Waals surface area contributed by atoms with Crippen molar-refractivity contribution >= 4 is 23.3 Å². The number of carbonyl (C=O) groups excluding carboxylic acids is 3. The molecule has 0 spiro atoms. The number of aromatic nitrogens is 2. The molecule has 41 heavy (non-hydrogen) atoms. The van der Waals surface area contributed by atoms with Crippen molar-refractivity contribution in [3.8, 4) is 11.3 Å². The first kappa shape index (κ1) is 33.6. The third-order valence-corrected chi connectivity index (χ3v) is 6.81. The second kappa shape index (κ2) is 15.4. The van der Waals surface area contributed by atoms with Crippen molar-refractivity contribution in [1.82, 2.24) is 14.3 Å². The highest BCUT2D eigenvalue weighted by Gasteiger charge is 2.26. The van der Waals surface area contributed by atoms with Crippen molar-refractivity contribution in [2.24, 2.45) is 5.92 Å². The molecule has 0 saturated carbocycles. The van der Waals surface area contributed by atoms with Gasteiger partial charge < -0.3 is 18.6 Å². The third kappa shape index (κ3) is 7.98. The van der Waals surface area contributed by atoms with Crippen molar-refractivity contribution in [3.05, 3.63) is 58.7 Å². The van der Waals surface area contributed by atoms with Crippen LogP contribution in [0.2, 0.25) is 0 Å². The van der Waals surface area contributed by atoms with Crippen LogP contribution in [-0.4, -0.2) is 72.7 Å². The van der Waals surface area contributed by atoms with Crippen molar-refractivity contribution in [1.29, 1.82) is 0 Å². The van der Waals surface area contributed by atoms with Crippen LogP contribution in [0.5, 0.6) is 0 Å². The van der Waals surface area contributed by atoms with Crippen LogP contribution in [-0.2, 0) is 25.4 Å². The summed E-state index contributed by atoms with van der Waals surface area (Å²) in [5, 5.41) is 0. The number of hydrogen-bond donors (Lipinski definition) is 0. The number of carbonyl (C=O) groups is 3. The number of halogens is 1. The SMILES string of the molecule is CC.CCC(C)C(=O)c1cc(C)c(-c2nc3cc(C)ccn3c2CC(=O)CN(CC(OC)OC)C(=O)OC)c(F)c1. The Hall–Kier alpha value is -3.63. The van der Waals surface area contributed by atoms with Gasteiger partial charge in [0, 0.05) is 37.5 Å². The number of pyridine rings is 1. The van der Waals surface area contributed by atoms with Crippen molar-refractivity contribution < 1.29 is 33.0 Å². The molecule has 0 fully saturated rings. The van der Waals surface area contributed by atoms with E-state index in [9.17, 15) is 14.4 Å². The molecule has 3 rings (SSSR count). The molecule has 0 aliphatic rings. The minimum Gasteiger partial charge on any atom is -0.453 e. The quantitative estimate of drug-likeness (QED) is 0.200. The Balaban J connectivity index is 0.00000287. The zero-order valence-electron chi connectivity index (χ0n) is 25.5. The number of nitrogens with zero attached hydrogens (tertiary/aromatic N) is 3. The van der Waals surface area contributed by atoms with Crippen LogP contribution in [0.15, 0.2) is 30.5 Å². The zero-order chi connectivity index (χ0) is 30.9. The fourth-order valence-corrected chi connectivity index (χ4v) is 4.44. The number of rotatable bonds is 12. The summed E-state index contributed by atoms with van der Waals surface area (Å²) in [6.45, 7) is 11.1. The summed E-state index contributed by atoms with van der Waals surface area (Å²) in [6, 6.07) is 6.62. The van der Waals surface area contributed by atoms with Gasteiger partial charge in [0.2, 0.25) is 0 Å². The first-order valence-electron chi connectivity index (χ1n) is 13.8. The average molecular weight is 572 g/mol. The first-order valence-corrected chi connectivity index (χ1v) is 13.8. The maximum Gasteiger partial charge on any atom is 0.410 e. The molecule has 0 N–H and O–H groups in total. The molecule has 1 amide bonds. The van der Waals surface area contributed by atoms with Gasteiger partial charge in [0.05, 0.1) is 38.0 Å². The lowest BCUT2D eigenvalue weighted by molar-refractivity contribution is -0.125. The minimum atomic E-state index is -0.750. The number of benzene rings is 1. The lowest BCUT2D eigenvalue weighted by Crippen LogP contribution is -2.42. The molecule has 9 nitrogen and oxygen atoms in total. The number of amides is 1. The van der Waals surface area contributed by atoms with E-state index in [1.165, 1.54) is 32.3 Å². The van der Waals surface area contributed by atoms with Gasteiger partial charge in [-0.15, -0.1) is 0 Å². The van der Waals surface area contributed by atoms with Gasteiger partial charge in [0.15, 0.2) is 17.9 Å². The molecule has 0 radical (unpaired) electrons. The first-order chi connectivity index (χ1) is 19.5. The van der Waals surface area contributed by atoms with Gasteiger partial charge in [0.25, 0.3) is 0 Å². The van der Waals surface area contributed by atoms with E-state index in [0.717, 1.165) is 5.56 Å². The molecule has 0 saturated heterocycles. The number of ketones is 2. The molecule has 1 unspecified atom stereocenters. The molecule has 224 valence electrons. The molecular formula is C31H42FN3O6. The molecule has 0 bridgehead atoms. The minimum absolute atomic E-state index is 0.0238. The number of Topliss-reactive ketones (excluding diaryl/α,β-unsaturated/α-hetero) is 2. The van der Waals surface area contributed by atoms with E-state index < -0.39 is 18.2 Å². The standard InChI is InChI=1S/C29H36FN3O6.C2H6/c1-8-18(3)28(35)20-12-19(4)26(22(30)13-20)27-23(33-10-9-17(2)11-24(33)31-27)14-21(34)15-32(29(36)39-7)16-25(37-5)38-6;1-2/h9-13,18,25H,8,14-16H2,1-7H3;1-2H3. The van der Waals surface area contributed by atoms with E-state index >= 15 is 4.39 Å². The Morgan fingerprint density at radius 1 is 1.07 bits per heavy atom. The van der Waals surface area contributed by atoms with Crippen LogP contribution < -0.4 is 0 Å². The topological polar surface area (TPSA) is 99.4 Å². The summed E-state index contributed by atoms with van der Waals surface area (Å²) < 4.78 is 32.6. The maximum atomic E-state index is 15.6. The number of ether oxygens (including phenoxy) is 3.